The second-order valence-electron chi connectivity index (χ2n) is 5.27. The van der Waals surface area contributed by atoms with Gasteiger partial charge in [-0.2, -0.15) is 0 Å². The number of carbonyl (C=O) groups is 1. The van der Waals surface area contributed by atoms with E-state index in [-0.39, 0.29) is 5.78 Å². The zero-order chi connectivity index (χ0) is 15.1. The Morgan fingerprint density at radius 3 is 2.19 bits per heavy atom. The zero-order valence-electron chi connectivity index (χ0n) is 12.5. The van der Waals surface area contributed by atoms with E-state index in [1.807, 2.05) is 66.7 Å². The molecule has 2 rings (SSSR count). The van der Waals surface area contributed by atoms with Gasteiger partial charge in [0.05, 0.1) is 0 Å². The largest absolute Gasteiger partial charge is 0.289 e. The van der Waals surface area contributed by atoms with E-state index in [1.54, 1.807) is 12.2 Å². The molecular formula is C20H20O. The SMILES string of the molecule is CC(C)c1ccc(C(=O)/C=C/C=C/c2ccccc2)cc1. The van der Waals surface area contributed by atoms with Crippen LogP contribution in [0, 0.1) is 0 Å². The van der Waals surface area contributed by atoms with Gasteiger partial charge in [-0.3, -0.25) is 4.79 Å². The maximum absolute atomic E-state index is 12.0. The number of hydrogen-bond acceptors (Lipinski definition) is 1. The van der Waals surface area contributed by atoms with E-state index in [2.05, 4.69) is 13.8 Å². The van der Waals surface area contributed by atoms with Crippen LogP contribution in [0.3, 0.4) is 0 Å². The first-order valence-corrected chi connectivity index (χ1v) is 7.21. The van der Waals surface area contributed by atoms with E-state index in [1.165, 1.54) is 5.56 Å². The lowest BCUT2D eigenvalue weighted by atomic mass is 10.0. The van der Waals surface area contributed by atoms with Gasteiger partial charge in [0.15, 0.2) is 5.78 Å². The number of benzene rings is 2. The first-order valence-electron chi connectivity index (χ1n) is 7.21. The minimum atomic E-state index is 0.0306. The molecule has 0 aromatic heterocycles. The van der Waals surface area contributed by atoms with Crippen molar-refractivity contribution in [1.82, 2.24) is 0 Å². The summed E-state index contributed by atoms with van der Waals surface area (Å²) in [6, 6.07) is 17.8. The molecule has 0 unspecified atom stereocenters. The van der Waals surface area contributed by atoms with Gasteiger partial charge in [0.1, 0.15) is 0 Å². The van der Waals surface area contributed by atoms with Crippen molar-refractivity contribution in [2.75, 3.05) is 0 Å². The lowest BCUT2D eigenvalue weighted by Crippen LogP contribution is -1.95. The van der Waals surface area contributed by atoms with E-state index in [0.29, 0.717) is 5.92 Å². The van der Waals surface area contributed by atoms with Crippen molar-refractivity contribution in [2.45, 2.75) is 19.8 Å². The van der Waals surface area contributed by atoms with Gasteiger partial charge in [-0.1, -0.05) is 86.7 Å². The molecule has 0 radical (unpaired) electrons. The van der Waals surface area contributed by atoms with E-state index < -0.39 is 0 Å². The van der Waals surface area contributed by atoms with Crippen LogP contribution in [0.15, 0.2) is 72.8 Å². The fraction of sp³-hybridized carbons (Fsp3) is 0.150. The zero-order valence-corrected chi connectivity index (χ0v) is 12.5. The van der Waals surface area contributed by atoms with E-state index in [9.17, 15) is 4.79 Å². The second kappa shape index (κ2) is 7.39. The average molecular weight is 276 g/mol. The summed E-state index contributed by atoms with van der Waals surface area (Å²) in [5.74, 6) is 0.515. The summed E-state index contributed by atoms with van der Waals surface area (Å²) < 4.78 is 0. The van der Waals surface area contributed by atoms with Crippen molar-refractivity contribution in [1.29, 1.82) is 0 Å². The third kappa shape index (κ3) is 4.57. The predicted octanol–water partition coefficient (Wildman–Crippen LogP) is 5.26. The third-order valence-electron chi connectivity index (χ3n) is 3.31. The first-order chi connectivity index (χ1) is 10.2. The Hall–Kier alpha value is -2.41. The molecule has 0 saturated heterocycles. The van der Waals surface area contributed by atoms with Gasteiger partial charge in [-0.15, -0.1) is 0 Å². The molecule has 0 saturated carbocycles. The van der Waals surface area contributed by atoms with Crippen LogP contribution in [-0.2, 0) is 0 Å². The Kier molecular flexibility index (Phi) is 5.28. The van der Waals surface area contributed by atoms with Crippen molar-refractivity contribution in [3.05, 3.63) is 89.5 Å². The highest BCUT2D eigenvalue weighted by atomic mass is 16.1. The molecule has 2 aromatic rings. The quantitative estimate of drug-likeness (QED) is 0.413. The van der Waals surface area contributed by atoms with Crippen molar-refractivity contribution >= 4 is 11.9 Å². The summed E-state index contributed by atoms with van der Waals surface area (Å²) in [5.41, 5.74) is 3.10. The first kappa shape index (κ1) is 15.0. The maximum Gasteiger partial charge on any atom is 0.185 e. The molecule has 0 aliphatic carbocycles. The van der Waals surface area contributed by atoms with Gasteiger partial charge >= 0.3 is 0 Å². The summed E-state index contributed by atoms with van der Waals surface area (Å²) in [6.45, 7) is 4.29. The molecule has 0 N–H and O–H groups in total. The summed E-state index contributed by atoms with van der Waals surface area (Å²) in [4.78, 5) is 12.0. The number of carbonyl (C=O) groups excluding carboxylic acids is 1. The molecule has 0 aliphatic heterocycles. The maximum atomic E-state index is 12.0. The van der Waals surface area contributed by atoms with Crippen LogP contribution >= 0.6 is 0 Å². The van der Waals surface area contributed by atoms with Gasteiger partial charge in [0.2, 0.25) is 0 Å². The molecule has 1 heteroatoms. The minimum Gasteiger partial charge on any atom is -0.289 e. The summed E-state index contributed by atoms with van der Waals surface area (Å²) in [6.07, 6.45) is 7.25. The molecule has 106 valence electrons. The fourth-order valence-corrected chi connectivity index (χ4v) is 2.00. The molecule has 0 spiro atoms. The lowest BCUT2D eigenvalue weighted by molar-refractivity contribution is 0.104. The van der Waals surface area contributed by atoms with Crippen molar-refractivity contribution in [3.8, 4) is 0 Å². The van der Waals surface area contributed by atoms with E-state index >= 15 is 0 Å². The molecular weight excluding hydrogens is 256 g/mol. The Labute approximate surface area is 126 Å². The molecule has 0 bridgehead atoms. The minimum absolute atomic E-state index is 0.0306. The smallest absolute Gasteiger partial charge is 0.185 e. The number of rotatable bonds is 5. The van der Waals surface area contributed by atoms with Crippen LogP contribution in [0.5, 0.6) is 0 Å². The van der Waals surface area contributed by atoms with Gasteiger partial charge in [-0.25, -0.2) is 0 Å². The van der Waals surface area contributed by atoms with Gasteiger partial charge in [0.25, 0.3) is 0 Å². The van der Waals surface area contributed by atoms with Gasteiger partial charge < -0.3 is 0 Å². The number of hydrogen-bond donors (Lipinski definition) is 0. The average Bonchev–Trinajstić information content (AvgIpc) is 2.52. The number of allylic oxidation sites excluding steroid dienone is 3. The van der Waals surface area contributed by atoms with Crippen LogP contribution in [-0.4, -0.2) is 5.78 Å². The van der Waals surface area contributed by atoms with Crippen LogP contribution in [0.2, 0.25) is 0 Å². The third-order valence-corrected chi connectivity index (χ3v) is 3.31. The van der Waals surface area contributed by atoms with Gasteiger partial charge in [0, 0.05) is 5.56 Å². The lowest BCUT2D eigenvalue weighted by Gasteiger charge is -2.04. The molecule has 0 amide bonds. The van der Waals surface area contributed by atoms with Crippen LogP contribution in [0.4, 0.5) is 0 Å². The van der Waals surface area contributed by atoms with Crippen molar-refractivity contribution in [3.63, 3.8) is 0 Å². The highest BCUT2D eigenvalue weighted by Crippen LogP contribution is 2.15. The highest BCUT2D eigenvalue weighted by Gasteiger charge is 2.02. The molecule has 2 aromatic carbocycles. The summed E-state index contributed by atoms with van der Waals surface area (Å²) in [5, 5.41) is 0. The Morgan fingerprint density at radius 1 is 0.905 bits per heavy atom. The summed E-state index contributed by atoms with van der Waals surface area (Å²) in [7, 11) is 0. The topological polar surface area (TPSA) is 17.1 Å². The normalized spacial score (nSPS) is 11.6. The number of ketones is 1. The van der Waals surface area contributed by atoms with Crippen molar-refractivity contribution in [2.24, 2.45) is 0 Å². The fourth-order valence-electron chi connectivity index (χ4n) is 2.00. The molecule has 0 heterocycles. The molecule has 21 heavy (non-hydrogen) atoms. The molecule has 0 fully saturated rings. The van der Waals surface area contributed by atoms with E-state index in [4.69, 9.17) is 0 Å². The molecule has 1 nitrogen and oxygen atoms in total. The summed E-state index contributed by atoms with van der Waals surface area (Å²) >= 11 is 0. The van der Waals surface area contributed by atoms with Crippen LogP contribution < -0.4 is 0 Å². The van der Waals surface area contributed by atoms with Gasteiger partial charge in [-0.05, 0) is 23.1 Å². The standard InChI is InChI=1S/C20H20O/c1-16(2)18-12-14-19(15-13-18)20(21)11-7-6-10-17-8-4-3-5-9-17/h3-16H,1-2H3/b10-6+,11-7+. The Morgan fingerprint density at radius 2 is 1.57 bits per heavy atom. The van der Waals surface area contributed by atoms with E-state index in [0.717, 1.165) is 11.1 Å². The molecule has 0 aliphatic rings. The van der Waals surface area contributed by atoms with Crippen LogP contribution in [0.1, 0.15) is 41.3 Å². The Balaban J connectivity index is 1.97. The van der Waals surface area contributed by atoms with Crippen molar-refractivity contribution < 1.29 is 4.79 Å². The van der Waals surface area contributed by atoms with Crippen LogP contribution in [0.25, 0.3) is 6.08 Å². The Bertz CT molecular complexity index is 631. The predicted molar refractivity (Wildman–Crippen MR) is 89.5 cm³/mol. The highest BCUT2D eigenvalue weighted by molar-refractivity contribution is 6.04. The second-order valence-corrected chi connectivity index (χ2v) is 5.27. The monoisotopic (exact) mass is 276 g/mol. The molecule has 0 atom stereocenters.